The van der Waals surface area contributed by atoms with E-state index in [1.807, 2.05) is 4.90 Å². The standard InChI is InChI=1S/C11H24NO4P.Na/c1-4-6-8-12(9-7-11(13)14)10-17(3,15)16-5-2;/h4-10H2,1-3H3,(H,13,14);/q;+1/p-1. The molecule has 1 unspecified atom stereocenters. The van der Waals surface area contributed by atoms with Gasteiger partial charge in [-0.1, -0.05) is 13.3 Å². The van der Waals surface area contributed by atoms with Gasteiger partial charge in [0, 0.05) is 19.2 Å². The molecule has 7 heteroatoms. The van der Waals surface area contributed by atoms with Crippen LogP contribution >= 0.6 is 7.37 Å². The summed E-state index contributed by atoms with van der Waals surface area (Å²) in [5.74, 6) is -1.08. The van der Waals surface area contributed by atoms with Crippen LogP contribution in [0.15, 0.2) is 0 Å². The van der Waals surface area contributed by atoms with E-state index in [4.69, 9.17) is 4.52 Å². The first-order chi connectivity index (χ1) is 7.91. The van der Waals surface area contributed by atoms with Crippen LogP contribution in [0, 0.1) is 0 Å². The summed E-state index contributed by atoms with van der Waals surface area (Å²) in [4.78, 5) is 12.3. The Morgan fingerprint density at radius 1 is 1.33 bits per heavy atom. The zero-order valence-corrected chi connectivity index (χ0v) is 14.9. The fourth-order valence-electron chi connectivity index (χ4n) is 1.56. The maximum Gasteiger partial charge on any atom is 1.00 e. The average molecular weight is 287 g/mol. The number of hydrogen-bond donors (Lipinski definition) is 0. The summed E-state index contributed by atoms with van der Waals surface area (Å²) in [5.41, 5.74) is 0. The number of carboxylic acid groups (broad SMARTS) is 1. The van der Waals surface area contributed by atoms with Crippen LogP contribution in [-0.2, 0) is 13.9 Å². The van der Waals surface area contributed by atoms with E-state index in [9.17, 15) is 14.5 Å². The molecule has 0 fully saturated rings. The minimum atomic E-state index is -2.64. The van der Waals surface area contributed by atoms with Gasteiger partial charge in [0.1, 0.15) is 0 Å². The maximum atomic E-state index is 12.0. The largest absolute Gasteiger partial charge is 1.00 e. The van der Waals surface area contributed by atoms with Crippen LogP contribution in [0.4, 0.5) is 0 Å². The van der Waals surface area contributed by atoms with Crippen molar-refractivity contribution in [3.8, 4) is 0 Å². The first-order valence-electron chi connectivity index (χ1n) is 6.04. The molecule has 0 aliphatic carbocycles. The van der Waals surface area contributed by atoms with Crippen LogP contribution in [0.2, 0.25) is 0 Å². The van der Waals surface area contributed by atoms with Crippen molar-refractivity contribution < 1.29 is 48.5 Å². The fourth-order valence-corrected chi connectivity index (χ4v) is 3.20. The summed E-state index contributed by atoms with van der Waals surface area (Å²) < 4.78 is 17.2. The van der Waals surface area contributed by atoms with Gasteiger partial charge in [-0.15, -0.1) is 0 Å². The quantitative estimate of drug-likeness (QED) is 0.348. The molecule has 0 spiro atoms. The summed E-state index contributed by atoms with van der Waals surface area (Å²) in [5, 5.41) is 10.4. The van der Waals surface area contributed by atoms with Crippen molar-refractivity contribution in [1.82, 2.24) is 4.90 Å². The summed E-state index contributed by atoms with van der Waals surface area (Å²) in [7, 11) is -2.64. The van der Waals surface area contributed by atoms with Crippen LogP contribution in [0.3, 0.4) is 0 Å². The van der Waals surface area contributed by atoms with Crippen LogP contribution < -0.4 is 34.7 Å². The Kier molecular flexibility index (Phi) is 13.3. The van der Waals surface area contributed by atoms with Gasteiger partial charge in [0.05, 0.1) is 12.9 Å². The van der Waals surface area contributed by atoms with E-state index < -0.39 is 13.3 Å². The molecule has 18 heavy (non-hydrogen) atoms. The number of carbonyl (C=O) groups excluding carboxylic acids is 1. The summed E-state index contributed by atoms with van der Waals surface area (Å²) in [6, 6.07) is 0. The Bertz CT molecular complexity index is 276. The molecule has 102 valence electrons. The van der Waals surface area contributed by atoms with Crippen molar-refractivity contribution in [3.05, 3.63) is 0 Å². The zero-order chi connectivity index (χ0) is 13.3. The molecule has 0 N–H and O–H groups in total. The predicted octanol–water partition coefficient (Wildman–Crippen LogP) is -1.87. The second kappa shape index (κ2) is 11.4. The monoisotopic (exact) mass is 287 g/mol. The van der Waals surface area contributed by atoms with Crippen LogP contribution in [0.1, 0.15) is 33.1 Å². The number of hydrogen-bond acceptors (Lipinski definition) is 5. The molecule has 0 aliphatic heterocycles. The Morgan fingerprint density at radius 3 is 2.39 bits per heavy atom. The van der Waals surface area contributed by atoms with E-state index in [1.54, 1.807) is 13.6 Å². The van der Waals surface area contributed by atoms with Crippen LogP contribution in [0.25, 0.3) is 0 Å². The number of carbonyl (C=O) groups is 1. The van der Waals surface area contributed by atoms with Crippen molar-refractivity contribution >= 4 is 13.3 Å². The Balaban J connectivity index is 0. The van der Waals surface area contributed by atoms with Gasteiger partial charge in [0.25, 0.3) is 0 Å². The second-order valence-corrected chi connectivity index (χ2v) is 6.74. The fraction of sp³-hybridized carbons (Fsp3) is 0.909. The minimum absolute atomic E-state index is 0. The van der Waals surface area contributed by atoms with Crippen molar-refractivity contribution in [1.29, 1.82) is 0 Å². The van der Waals surface area contributed by atoms with E-state index in [1.165, 1.54) is 0 Å². The number of carboxylic acids is 1. The molecule has 0 aromatic heterocycles. The van der Waals surface area contributed by atoms with Crippen molar-refractivity contribution in [3.63, 3.8) is 0 Å². The summed E-state index contributed by atoms with van der Waals surface area (Å²) in [6.07, 6.45) is 2.26. The summed E-state index contributed by atoms with van der Waals surface area (Å²) >= 11 is 0. The van der Waals surface area contributed by atoms with E-state index in [2.05, 4.69) is 6.92 Å². The Hall–Kier alpha value is 0.620. The number of nitrogens with zero attached hydrogens (tertiary/aromatic N) is 1. The molecule has 0 aromatic carbocycles. The molecule has 0 radical (unpaired) electrons. The van der Waals surface area contributed by atoms with Crippen LogP contribution in [-0.4, -0.2) is 43.5 Å². The van der Waals surface area contributed by atoms with Gasteiger partial charge in [-0.25, -0.2) is 0 Å². The molecule has 0 aromatic rings. The third-order valence-corrected chi connectivity index (χ3v) is 4.04. The molecular formula is C11H23NNaO4P. The first kappa shape index (κ1) is 20.9. The molecule has 0 aliphatic rings. The average Bonchev–Trinajstić information content (AvgIpc) is 2.21. The third-order valence-electron chi connectivity index (χ3n) is 2.32. The van der Waals surface area contributed by atoms with Gasteiger partial charge in [0.2, 0.25) is 7.37 Å². The molecule has 0 rings (SSSR count). The SMILES string of the molecule is CCCCN(CCC(=O)[O-])CP(C)(=O)OCC.[Na+]. The van der Waals surface area contributed by atoms with Crippen molar-refractivity contribution in [2.24, 2.45) is 0 Å². The number of aliphatic carboxylic acids is 1. The first-order valence-corrected chi connectivity index (χ1v) is 8.30. The van der Waals surface area contributed by atoms with E-state index in [-0.39, 0.29) is 36.0 Å². The predicted molar refractivity (Wildman–Crippen MR) is 66.1 cm³/mol. The van der Waals surface area contributed by atoms with Crippen LogP contribution in [0.5, 0.6) is 0 Å². The maximum absolute atomic E-state index is 12.0. The molecule has 0 saturated carbocycles. The van der Waals surface area contributed by atoms with Crippen molar-refractivity contribution in [2.45, 2.75) is 33.1 Å². The zero-order valence-electron chi connectivity index (χ0n) is 12.0. The molecular weight excluding hydrogens is 264 g/mol. The van der Waals surface area contributed by atoms with E-state index in [0.29, 0.717) is 19.4 Å². The van der Waals surface area contributed by atoms with Gasteiger partial charge >= 0.3 is 29.6 Å². The molecule has 0 heterocycles. The van der Waals surface area contributed by atoms with Gasteiger partial charge in [-0.05, 0) is 26.3 Å². The van der Waals surface area contributed by atoms with Gasteiger partial charge in [0.15, 0.2) is 0 Å². The van der Waals surface area contributed by atoms with Gasteiger partial charge in [-0.3, -0.25) is 9.46 Å². The number of unbranched alkanes of at least 4 members (excludes halogenated alkanes) is 1. The van der Waals surface area contributed by atoms with Crippen molar-refractivity contribution in [2.75, 3.05) is 32.6 Å². The third kappa shape index (κ3) is 11.7. The molecule has 0 amide bonds. The Labute approximate surface area is 132 Å². The van der Waals surface area contributed by atoms with Gasteiger partial charge in [-0.2, -0.15) is 0 Å². The van der Waals surface area contributed by atoms with Gasteiger partial charge < -0.3 is 14.4 Å². The molecule has 1 atom stereocenters. The van der Waals surface area contributed by atoms with E-state index in [0.717, 1.165) is 19.4 Å². The molecule has 0 saturated heterocycles. The smallest absolute Gasteiger partial charge is 0.550 e. The topological polar surface area (TPSA) is 69.7 Å². The molecule has 5 nitrogen and oxygen atoms in total. The summed E-state index contributed by atoms with van der Waals surface area (Å²) in [6.45, 7) is 6.98. The second-order valence-electron chi connectivity index (χ2n) is 4.17. The molecule has 0 bridgehead atoms. The normalized spacial score (nSPS) is 14.0. The minimum Gasteiger partial charge on any atom is -0.550 e. The van der Waals surface area contributed by atoms with E-state index >= 15 is 0 Å². The number of rotatable bonds is 10. The Morgan fingerprint density at radius 2 is 1.94 bits per heavy atom.